The van der Waals surface area contributed by atoms with Gasteiger partial charge >= 0.3 is 5.97 Å². The van der Waals surface area contributed by atoms with Crippen LogP contribution in [-0.2, 0) is 46.7 Å². The topological polar surface area (TPSA) is 37.3 Å². The Labute approximate surface area is 166 Å². The Balaban J connectivity index is -0.00000180. The molecule has 2 nitrogen and oxygen atoms in total. The summed E-state index contributed by atoms with van der Waals surface area (Å²) in [5.74, 6) is -0.653. The normalized spacial score (nSPS) is 9.86. The second-order valence-electron chi connectivity index (χ2n) is 6.09. The van der Waals surface area contributed by atoms with E-state index in [-0.39, 0.29) is 41.9 Å². The van der Waals surface area contributed by atoms with Gasteiger partial charge in [0, 0.05) is 48.3 Å². The van der Waals surface area contributed by atoms with Crippen LogP contribution in [0.4, 0.5) is 0 Å². The molecule has 0 aliphatic rings. The van der Waals surface area contributed by atoms with Crippen LogP contribution in [0.1, 0.15) is 110 Å². The number of unbranched alkanes of at least 4 members (excludes halogenated alkanes) is 14. The van der Waals surface area contributed by atoms with Crippen molar-refractivity contribution in [1.82, 2.24) is 0 Å². The molecule has 22 heavy (non-hydrogen) atoms. The Morgan fingerprint density at radius 3 is 1.18 bits per heavy atom. The van der Waals surface area contributed by atoms with Crippen LogP contribution < -0.4 is 0 Å². The van der Waals surface area contributed by atoms with E-state index in [0.717, 1.165) is 12.8 Å². The van der Waals surface area contributed by atoms with Crippen LogP contribution in [0.25, 0.3) is 0 Å². The van der Waals surface area contributed by atoms with Crippen molar-refractivity contribution >= 4 is 5.97 Å². The minimum Gasteiger partial charge on any atom is -0.481 e. The molecular weight excluding hydrogens is 511 g/mol. The molecule has 0 heterocycles. The average molecular weight is 547 g/mol. The first-order chi connectivity index (χ1) is 9.77. The zero-order valence-corrected chi connectivity index (χ0v) is 19.8. The van der Waals surface area contributed by atoms with Crippen LogP contribution >= 0.6 is 0 Å². The minimum atomic E-state index is -0.653. The van der Waals surface area contributed by atoms with Gasteiger partial charge in [0.2, 0.25) is 0 Å². The molecule has 1 N–H and O–H groups in total. The third-order valence-electron chi connectivity index (χ3n) is 3.99. The third kappa shape index (κ3) is 25.8. The van der Waals surface area contributed by atoms with Crippen molar-refractivity contribution in [3.05, 3.63) is 0 Å². The molecule has 0 spiro atoms. The molecule has 0 aliphatic heterocycles. The molecule has 0 aliphatic carbocycles. The molecule has 0 atom stereocenters. The Morgan fingerprint density at radius 2 is 0.909 bits per heavy atom. The summed E-state index contributed by atoms with van der Waals surface area (Å²) in [7, 11) is 0. The van der Waals surface area contributed by atoms with Gasteiger partial charge in [0.15, 0.2) is 0 Å². The first-order valence-corrected chi connectivity index (χ1v) is 8.99. The van der Waals surface area contributed by atoms with Crippen molar-refractivity contribution < 1.29 is 51.8 Å². The smallest absolute Gasteiger partial charge is 0.303 e. The monoisotopic (exact) mass is 545 g/mol. The van der Waals surface area contributed by atoms with Crippen molar-refractivity contribution in [3.8, 4) is 0 Å². The van der Waals surface area contributed by atoms with Gasteiger partial charge in [-0.05, 0) is 6.42 Å². The molecule has 0 aromatic rings. The van der Waals surface area contributed by atoms with Gasteiger partial charge in [-0.25, -0.2) is 0 Å². The fraction of sp³-hybridized carbons (Fsp3) is 0.944. The van der Waals surface area contributed by atoms with Gasteiger partial charge in [-0.15, -0.1) is 0 Å². The second kappa shape index (κ2) is 24.1. The standard InChI is InChI=1S/C18H36O2.Au.Zn/c1-2-3-4-5-6-7-8-9-10-11-12-13-14-15-16-17-18(19)20;;/h2-17H2,1H3,(H,19,20);;. The maximum atomic E-state index is 10.3. The van der Waals surface area contributed by atoms with Gasteiger partial charge in [-0.2, -0.15) is 0 Å². The van der Waals surface area contributed by atoms with E-state index in [9.17, 15) is 4.79 Å². The van der Waals surface area contributed by atoms with E-state index in [1.54, 1.807) is 0 Å². The van der Waals surface area contributed by atoms with Crippen molar-refractivity contribution in [2.24, 2.45) is 0 Å². The summed E-state index contributed by atoms with van der Waals surface area (Å²) < 4.78 is 0. The molecule has 0 saturated heterocycles. The van der Waals surface area contributed by atoms with Crippen molar-refractivity contribution in [3.63, 3.8) is 0 Å². The second-order valence-corrected chi connectivity index (χ2v) is 6.09. The van der Waals surface area contributed by atoms with Gasteiger partial charge in [0.05, 0.1) is 0 Å². The molecule has 0 unspecified atom stereocenters. The summed E-state index contributed by atoms with van der Waals surface area (Å²) in [5.41, 5.74) is 0. The summed E-state index contributed by atoms with van der Waals surface area (Å²) in [5, 5.41) is 8.52. The Bertz CT molecular complexity index is 213. The molecule has 1 radical (unpaired) electrons. The summed E-state index contributed by atoms with van der Waals surface area (Å²) in [6, 6.07) is 0. The van der Waals surface area contributed by atoms with Crippen molar-refractivity contribution in [2.45, 2.75) is 110 Å². The predicted molar refractivity (Wildman–Crippen MR) is 87.2 cm³/mol. The molecule has 0 rings (SSSR count). The average Bonchev–Trinajstić information content (AvgIpc) is 2.43. The molecule has 0 fully saturated rings. The fourth-order valence-electron chi connectivity index (χ4n) is 2.65. The van der Waals surface area contributed by atoms with Crippen LogP contribution in [0.2, 0.25) is 0 Å². The Kier molecular flexibility index (Phi) is 30.3. The third-order valence-corrected chi connectivity index (χ3v) is 3.99. The number of carboxylic acids is 1. The van der Waals surface area contributed by atoms with E-state index in [1.165, 1.54) is 83.5 Å². The maximum Gasteiger partial charge on any atom is 0.303 e. The molecule has 133 valence electrons. The van der Waals surface area contributed by atoms with Gasteiger partial charge in [0.25, 0.3) is 0 Å². The number of carbonyl (C=O) groups is 1. The predicted octanol–water partition coefficient (Wildman–Crippen LogP) is 6.33. The van der Waals surface area contributed by atoms with Crippen molar-refractivity contribution in [2.75, 3.05) is 0 Å². The van der Waals surface area contributed by atoms with E-state index < -0.39 is 5.97 Å². The van der Waals surface area contributed by atoms with Crippen LogP contribution in [0.15, 0.2) is 0 Å². The maximum absolute atomic E-state index is 10.3. The number of carboxylic acid groups (broad SMARTS) is 1. The fourth-order valence-corrected chi connectivity index (χ4v) is 2.65. The molecule has 0 aromatic carbocycles. The number of hydrogen-bond acceptors (Lipinski definition) is 1. The van der Waals surface area contributed by atoms with Crippen LogP contribution in [0.3, 0.4) is 0 Å². The summed E-state index contributed by atoms with van der Waals surface area (Å²) in [4.78, 5) is 10.3. The van der Waals surface area contributed by atoms with Crippen LogP contribution in [-0.4, -0.2) is 11.1 Å². The van der Waals surface area contributed by atoms with Crippen molar-refractivity contribution in [1.29, 1.82) is 0 Å². The molecule has 0 aromatic heterocycles. The molecular formula is C18H36AuO2Zn. The van der Waals surface area contributed by atoms with E-state index in [4.69, 9.17) is 5.11 Å². The summed E-state index contributed by atoms with van der Waals surface area (Å²) >= 11 is 0. The number of aliphatic carboxylic acids is 1. The first kappa shape index (κ1) is 27.7. The zero-order valence-electron chi connectivity index (χ0n) is 14.7. The Hall–Kier alpha value is 0.834. The quantitative estimate of drug-likeness (QED) is 0.182. The summed E-state index contributed by atoms with van der Waals surface area (Å²) in [6.07, 6.45) is 20.2. The van der Waals surface area contributed by atoms with Gasteiger partial charge in [-0.1, -0.05) is 96.8 Å². The SMILES string of the molecule is CCCCCCCCCCCCCCCCCC(=O)O.[Au].[Zn]. The van der Waals surface area contributed by atoms with E-state index in [1.807, 2.05) is 0 Å². The van der Waals surface area contributed by atoms with E-state index in [0.29, 0.717) is 6.42 Å². The molecule has 4 heteroatoms. The van der Waals surface area contributed by atoms with Gasteiger partial charge in [0.1, 0.15) is 0 Å². The van der Waals surface area contributed by atoms with Crippen LogP contribution in [0.5, 0.6) is 0 Å². The molecule has 0 amide bonds. The molecule has 0 saturated carbocycles. The largest absolute Gasteiger partial charge is 0.481 e. The van der Waals surface area contributed by atoms with E-state index in [2.05, 4.69) is 6.92 Å². The van der Waals surface area contributed by atoms with Gasteiger partial charge in [-0.3, -0.25) is 4.79 Å². The summed E-state index contributed by atoms with van der Waals surface area (Å²) in [6.45, 7) is 2.27. The van der Waals surface area contributed by atoms with E-state index >= 15 is 0 Å². The Morgan fingerprint density at radius 1 is 0.636 bits per heavy atom. The van der Waals surface area contributed by atoms with Crippen LogP contribution in [0, 0.1) is 0 Å². The number of rotatable bonds is 16. The molecule has 0 bridgehead atoms. The van der Waals surface area contributed by atoms with Gasteiger partial charge < -0.3 is 5.11 Å². The first-order valence-electron chi connectivity index (χ1n) is 8.99. The minimum absolute atomic E-state index is 0. The number of hydrogen-bond donors (Lipinski definition) is 1. The zero-order chi connectivity index (χ0) is 14.9.